The molecule has 0 aliphatic carbocycles. The SMILES string of the molecule is Cn1cc(C(=O)NCc2ccc(Cl)cc2)c(=O)c2cc(COC[C@H](O)c3ccccc3)sc21. The van der Waals surface area contributed by atoms with Gasteiger partial charge < -0.3 is 19.7 Å². The van der Waals surface area contributed by atoms with E-state index in [9.17, 15) is 14.7 Å². The lowest BCUT2D eigenvalue weighted by Crippen LogP contribution is -2.29. The summed E-state index contributed by atoms with van der Waals surface area (Å²) in [4.78, 5) is 27.3. The molecule has 1 atom stereocenters. The molecule has 2 N–H and O–H groups in total. The molecule has 8 heteroatoms. The highest BCUT2D eigenvalue weighted by Gasteiger charge is 2.17. The first-order valence-corrected chi connectivity index (χ1v) is 11.6. The van der Waals surface area contributed by atoms with Crippen LogP contribution in [0.25, 0.3) is 10.2 Å². The van der Waals surface area contributed by atoms with Gasteiger partial charge in [0.1, 0.15) is 16.5 Å². The number of carbonyl (C=O) groups is 1. The lowest BCUT2D eigenvalue weighted by Gasteiger charge is -2.10. The number of nitrogens with zero attached hydrogens (tertiary/aromatic N) is 1. The summed E-state index contributed by atoms with van der Waals surface area (Å²) in [7, 11) is 1.80. The number of thiophene rings is 1. The van der Waals surface area contributed by atoms with Crippen LogP contribution in [0.15, 0.2) is 71.7 Å². The first kappa shape index (κ1) is 23.2. The third-order valence-electron chi connectivity index (χ3n) is 5.21. The number of benzene rings is 2. The zero-order valence-corrected chi connectivity index (χ0v) is 19.5. The van der Waals surface area contributed by atoms with Gasteiger partial charge in [0, 0.05) is 29.7 Å². The number of aliphatic hydroxyl groups excluding tert-OH is 1. The van der Waals surface area contributed by atoms with Gasteiger partial charge in [-0.3, -0.25) is 9.59 Å². The van der Waals surface area contributed by atoms with Gasteiger partial charge in [0.15, 0.2) is 0 Å². The monoisotopic (exact) mass is 482 g/mol. The molecule has 0 aliphatic heterocycles. The van der Waals surface area contributed by atoms with Crippen molar-refractivity contribution in [3.05, 3.63) is 104 Å². The van der Waals surface area contributed by atoms with Crippen LogP contribution in [-0.4, -0.2) is 22.2 Å². The summed E-state index contributed by atoms with van der Waals surface area (Å²) in [6.45, 7) is 0.706. The fourth-order valence-electron chi connectivity index (χ4n) is 3.47. The minimum absolute atomic E-state index is 0.0868. The summed E-state index contributed by atoms with van der Waals surface area (Å²) in [5.41, 5.74) is 1.45. The van der Waals surface area contributed by atoms with E-state index >= 15 is 0 Å². The van der Waals surface area contributed by atoms with E-state index in [0.717, 1.165) is 20.8 Å². The molecule has 0 saturated carbocycles. The van der Waals surface area contributed by atoms with Crippen molar-refractivity contribution >= 4 is 39.1 Å². The molecule has 4 aromatic rings. The number of nitrogens with one attached hydrogen (secondary N) is 1. The van der Waals surface area contributed by atoms with Crippen molar-refractivity contribution in [3.8, 4) is 0 Å². The van der Waals surface area contributed by atoms with Gasteiger partial charge in [-0.25, -0.2) is 0 Å². The molecular weight excluding hydrogens is 460 g/mol. The first-order valence-electron chi connectivity index (χ1n) is 10.4. The third kappa shape index (κ3) is 5.51. The average Bonchev–Trinajstić information content (AvgIpc) is 3.26. The van der Waals surface area contributed by atoms with Crippen LogP contribution in [0.5, 0.6) is 0 Å². The van der Waals surface area contributed by atoms with Crippen LogP contribution in [0.1, 0.15) is 32.5 Å². The number of halogens is 1. The number of hydrogen-bond acceptors (Lipinski definition) is 5. The van der Waals surface area contributed by atoms with E-state index in [1.165, 1.54) is 11.3 Å². The van der Waals surface area contributed by atoms with Crippen LogP contribution in [-0.2, 0) is 24.9 Å². The van der Waals surface area contributed by atoms with Crippen molar-refractivity contribution in [3.63, 3.8) is 0 Å². The number of amides is 1. The van der Waals surface area contributed by atoms with Crippen LogP contribution >= 0.6 is 22.9 Å². The van der Waals surface area contributed by atoms with Gasteiger partial charge in [-0.15, -0.1) is 11.3 Å². The highest BCUT2D eigenvalue weighted by molar-refractivity contribution is 7.18. The van der Waals surface area contributed by atoms with Gasteiger partial charge in [0.05, 0.1) is 18.6 Å². The second-order valence-electron chi connectivity index (χ2n) is 7.67. The van der Waals surface area contributed by atoms with E-state index in [0.29, 0.717) is 17.0 Å². The maximum atomic E-state index is 13.0. The van der Waals surface area contributed by atoms with Crippen molar-refractivity contribution < 1.29 is 14.6 Å². The van der Waals surface area contributed by atoms with Crippen LogP contribution in [0.3, 0.4) is 0 Å². The Morgan fingerprint density at radius 2 is 1.91 bits per heavy atom. The summed E-state index contributed by atoms with van der Waals surface area (Å²) in [6.07, 6.45) is 0.838. The molecule has 0 spiro atoms. The van der Waals surface area contributed by atoms with E-state index in [-0.39, 0.29) is 24.2 Å². The van der Waals surface area contributed by atoms with Crippen LogP contribution in [0.2, 0.25) is 5.02 Å². The highest BCUT2D eigenvalue weighted by Crippen LogP contribution is 2.24. The Hall–Kier alpha value is -2.97. The summed E-state index contributed by atoms with van der Waals surface area (Å²) in [5.74, 6) is -0.428. The number of aryl methyl sites for hydroxylation is 1. The number of rotatable bonds is 8. The predicted molar refractivity (Wildman–Crippen MR) is 131 cm³/mol. The second-order valence-corrected chi connectivity index (χ2v) is 9.22. The van der Waals surface area contributed by atoms with E-state index in [2.05, 4.69) is 5.32 Å². The molecule has 1 amide bonds. The largest absolute Gasteiger partial charge is 0.386 e. The summed E-state index contributed by atoms with van der Waals surface area (Å²) in [5, 5.41) is 14.1. The second kappa shape index (κ2) is 10.3. The highest BCUT2D eigenvalue weighted by atomic mass is 35.5. The van der Waals surface area contributed by atoms with Crippen LogP contribution in [0.4, 0.5) is 0 Å². The van der Waals surface area contributed by atoms with Crippen molar-refractivity contribution in [2.24, 2.45) is 7.05 Å². The van der Waals surface area contributed by atoms with E-state index in [1.54, 1.807) is 36.0 Å². The summed E-state index contributed by atoms with van der Waals surface area (Å²) < 4.78 is 7.46. The molecular formula is C25H23ClN2O4S. The molecule has 6 nitrogen and oxygen atoms in total. The third-order valence-corrected chi connectivity index (χ3v) is 6.66. The quantitative estimate of drug-likeness (QED) is 0.389. The summed E-state index contributed by atoms with van der Waals surface area (Å²) in [6, 6.07) is 18.2. The number of carbonyl (C=O) groups excluding carboxylic acids is 1. The number of hydrogen-bond donors (Lipinski definition) is 2. The average molecular weight is 483 g/mol. The molecule has 0 aliphatic rings. The van der Waals surface area contributed by atoms with Gasteiger partial charge in [0.2, 0.25) is 5.43 Å². The maximum Gasteiger partial charge on any atom is 0.257 e. The zero-order chi connectivity index (χ0) is 23.4. The lowest BCUT2D eigenvalue weighted by atomic mass is 10.1. The van der Waals surface area contributed by atoms with Gasteiger partial charge in [0.25, 0.3) is 5.91 Å². The minimum Gasteiger partial charge on any atom is -0.386 e. The Morgan fingerprint density at radius 1 is 1.18 bits per heavy atom. The lowest BCUT2D eigenvalue weighted by molar-refractivity contribution is 0.0287. The molecule has 0 radical (unpaired) electrons. The van der Waals surface area contributed by atoms with E-state index in [1.807, 2.05) is 42.5 Å². The molecule has 0 fully saturated rings. The van der Waals surface area contributed by atoms with Crippen molar-refractivity contribution in [1.29, 1.82) is 0 Å². The fraction of sp³-hybridized carbons (Fsp3) is 0.200. The number of fused-ring (bicyclic) bond motifs is 1. The molecule has 2 heterocycles. The van der Waals surface area contributed by atoms with Gasteiger partial charge in [-0.2, -0.15) is 0 Å². The van der Waals surface area contributed by atoms with E-state index < -0.39 is 12.0 Å². The number of aromatic nitrogens is 1. The summed E-state index contributed by atoms with van der Waals surface area (Å²) >= 11 is 7.32. The van der Waals surface area contributed by atoms with E-state index in [4.69, 9.17) is 16.3 Å². The zero-order valence-electron chi connectivity index (χ0n) is 18.0. The van der Waals surface area contributed by atoms with Gasteiger partial charge >= 0.3 is 0 Å². The van der Waals surface area contributed by atoms with Crippen LogP contribution < -0.4 is 10.7 Å². The smallest absolute Gasteiger partial charge is 0.257 e. The Morgan fingerprint density at radius 3 is 2.64 bits per heavy atom. The molecule has 0 unspecified atom stereocenters. The van der Waals surface area contributed by atoms with Gasteiger partial charge in [-0.05, 0) is 29.3 Å². The minimum atomic E-state index is -0.720. The Kier molecular flexibility index (Phi) is 7.25. The fourth-order valence-corrected chi connectivity index (χ4v) is 4.62. The molecule has 4 rings (SSSR count). The molecule has 2 aromatic carbocycles. The number of pyridine rings is 1. The molecule has 170 valence electrons. The molecule has 33 heavy (non-hydrogen) atoms. The van der Waals surface area contributed by atoms with Crippen molar-refractivity contribution in [1.82, 2.24) is 9.88 Å². The topological polar surface area (TPSA) is 80.6 Å². The number of aliphatic hydroxyl groups is 1. The molecule has 0 bridgehead atoms. The Labute approximate surface area is 200 Å². The van der Waals surface area contributed by atoms with Gasteiger partial charge in [-0.1, -0.05) is 54.1 Å². The Bertz CT molecular complexity index is 1320. The Balaban J connectivity index is 1.44. The molecule has 2 aromatic heterocycles. The van der Waals surface area contributed by atoms with Crippen molar-refractivity contribution in [2.45, 2.75) is 19.3 Å². The molecule has 0 saturated heterocycles. The number of ether oxygens (including phenoxy) is 1. The normalized spacial score (nSPS) is 12.1. The standard InChI is InChI=1S/C25H23ClN2O4S/c1-28-13-21(24(31)27-12-16-7-9-18(26)10-8-16)23(30)20-11-19(33-25(20)28)14-32-15-22(29)17-5-3-2-4-6-17/h2-11,13,22,29H,12,14-15H2,1H3,(H,27,31)/t22-/m0/s1. The van der Waals surface area contributed by atoms with Crippen molar-refractivity contribution in [2.75, 3.05) is 6.61 Å². The maximum absolute atomic E-state index is 13.0. The first-order chi connectivity index (χ1) is 15.9. The van der Waals surface area contributed by atoms with Crippen LogP contribution in [0, 0.1) is 0 Å². The predicted octanol–water partition coefficient (Wildman–Crippen LogP) is 4.43.